The molecule has 1 atom stereocenters. The zero-order chi connectivity index (χ0) is 9.94. The lowest BCUT2D eigenvalue weighted by Crippen LogP contribution is -2.29. The number of ether oxygens (including phenoxy) is 1. The van der Waals surface area contributed by atoms with Crippen molar-refractivity contribution >= 4 is 11.8 Å². The summed E-state index contributed by atoms with van der Waals surface area (Å²) < 4.78 is 5.25. The second-order valence-corrected chi connectivity index (χ2v) is 4.38. The van der Waals surface area contributed by atoms with Gasteiger partial charge in [-0.25, -0.2) is 0 Å². The highest BCUT2D eigenvalue weighted by Crippen LogP contribution is 2.00. The normalized spacial score (nSPS) is 13.2. The van der Waals surface area contributed by atoms with Crippen LogP contribution in [0, 0.1) is 0 Å². The van der Waals surface area contributed by atoms with Crippen molar-refractivity contribution in [3.63, 3.8) is 0 Å². The summed E-state index contributed by atoms with van der Waals surface area (Å²) in [7, 11) is 0. The van der Waals surface area contributed by atoms with Crippen LogP contribution in [-0.4, -0.2) is 37.3 Å². The Morgan fingerprint density at radius 1 is 1.38 bits per heavy atom. The third-order valence-corrected chi connectivity index (χ3v) is 2.88. The topological polar surface area (TPSA) is 21.3 Å². The minimum absolute atomic E-state index is 0.631. The summed E-state index contributed by atoms with van der Waals surface area (Å²) >= 11 is 1.99. The van der Waals surface area contributed by atoms with E-state index in [1.54, 1.807) is 0 Å². The summed E-state index contributed by atoms with van der Waals surface area (Å²) in [5.74, 6) is 2.43. The van der Waals surface area contributed by atoms with Gasteiger partial charge in [-0.3, -0.25) is 0 Å². The van der Waals surface area contributed by atoms with E-state index in [4.69, 9.17) is 4.74 Å². The van der Waals surface area contributed by atoms with Gasteiger partial charge in [-0.05, 0) is 32.6 Å². The quantitative estimate of drug-likeness (QED) is 0.583. The molecule has 0 spiro atoms. The smallest absolute Gasteiger partial charge is 0.0477 e. The summed E-state index contributed by atoms with van der Waals surface area (Å²) in [5, 5.41) is 3.48. The van der Waals surface area contributed by atoms with Crippen molar-refractivity contribution in [1.82, 2.24) is 5.32 Å². The molecule has 0 aliphatic carbocycles. The molecule has 1 unspecified atom stereocenters. The number of thioether (sulfide) groups is 1. The summed E-state index contributed by atoms with van der Waals surface area (Å²) in [5.41, 5.74) is 0. The van der Waals surface area contributed by atoms with E-state index in [-0.39, 0.29) is 0 Å². The average molecular weight is 205 g/mol. The first-order valence-electron chi connectivity index (χ1n) is 5.20. The number of rotatable bonds is 9. The van der Waals surface area contributed by atoms with Crippen molar-refractivity contribution in [2.75, 3.05) is 31.3 Å². The molecule has 2 nitrogen and oxygen atoms in total. The maximum atomic E-state index is 5.25. The van der Waals surface area contributed by atoms with Crippen LogP contribution in [0.25, 0.3) is 0 Å². The average Bonchev–Trinajstić information content (AvgIpc) is 2.14. The second kappa shape index (κ2) is 10.4. The second-order valence-electron chi connectivity index (χ2n) is 3.07. The molecule has 0 saturated carbocycles. The molecular formula is C10H23NOS. The zero-order valence-corrected chi connectivity index (χ0v) is 9.95. The van der Waals surface area contributed by atoms with Crippen LogP contribution in [-0.2, 0) is 4.74 Å². The maximum absolute atomic E-state index is 5.25. The van der Waals surface area contributed by atoms with E-state index in [1.807, 2.05) is 18.7 Å². The number of hydrogen-bond acceptors (Lipinski definition) is 3. The van der Waals surface area contributed by atoms with Crippen LogP contribution in [0.1, 0.15) is 27.2 Å². The zero-order valence-electron chi connectivity index (χ0n) is 9.14. The molecule has 0 aromatic rings. The van der Waals surface area contributed by atoms with Gasteiger partial charge in [0.15, 0.2) is 0 Å². The van der Waals surface area contributed by atoms with E-state index in [0.717, 1.165) is 26.2 Å². The van der Waals surface area contributed by atoms with Gasteiger partial charge in [0.25, 0.3) is 0 Å². The lowest BCUT2D eigenvalue weighted by Gasteiger charge is -2.12. The molecular weight excluding hydrogens is 182 g/mol. The molecule has 0 fully saturated rings. The lowest BCUT2D eigenvalue weighted by atomic mass is 10.3. The van der Waals surface area contributed by atoms with E-state index < -0.39 is 0 Å². The van der Waals surface area contributed by atoms with Crippen LogP contribution in [0.2, 0.25) is 0 Å². The highest BCUT2D eigenvalue weighted by Gasteiger charge is 1.98. The predicted octanol–water partition coefficient (Wildman–Crippen LogP) is 2.14. The third-order valence-electron chi connectivity index (χ3n) is 1.73. The predicted molar refractivity (Wildman–Crippen MR) is 61.6 cm³/mol. The number of nitrogens with one attached hydrogen (secondary N) is 1. The Balaban J connectivity index is 3.03. The molecule has 0 saturated heterocycles. The van der Waals surface area contributed by atoms with Crippen LogP contribution in [0.5, 0.6) is 0 Å². The van der Waals surface area contributed by atoms with Crippen molar-refractivity contribution in [1.29, 1.82) is 0 Å². The van der Waals surface area contributed by atoms with E-state index in [0.29, 0.717) is 6.04 Å². The first-order valence-corrected chi connectivity index (χ1v) is 6.35. The van der Waals surface area contributed by atoms with Crippen molar-refractivity contribution in [3.05, 3.63) is 0 Å². The summed E-state index contributed by atoms with van der Waals surface area (Å²) in [6.07, 6.45) is 1.12. The van der Waals surface area contributed by atoms with Crippen molar-refractivity contribution in [2.45, 2.75) is 33.2 Å². The Kier molecular flexibility index (Phi) is 10.6. The number of hydrogen-bond donors (Lipinski definition) is 1. The Labute approximate surface area is 86.8 Å². The maximum Gasteiger partial charge on any atom is 0.0477 e. The van der Waals surface area contributed by atoms with Gasteiger partial charge in [0.2, 0.25) is 0 Å². The SMILES string of the molecule is CCOCCCNC(C)CSCC. The summed E-state index contributed by atoms with van der Waals surface area (Å²) in [6, 6.07) is 0.631. The van der Waals surface area contributed by atoms with Gasteiger partial charge in [-0.2, -0.15) is 11.8 Å². The first kappa shape index (κ1) is 13.3. The van der Waals surface area contributed by atoms with Gasteiger partial charge < -0.3 is 10.1 Å². The van der Waals surface area contributed by atoms with Gasteiger partial charge in [0.05, 0.1) is 0 Å². The fraction of sp³-hybridized carbons (Fsp3) is 1.00. The van der Waals surface area contributed by atoms with Crippen LogP contribution in [0.15, 0.2) is 0 Å². The molecule has 0 rings (SSSR count). The van der Waals surface area contributed by atoms with Crippen molar-refractivity contribution in [2.24, 2.45) is 0 Å². The summed E-state index contributed by atoms with van der Waals surface area (Å²) in [4.78, 5) is 0. The van der Waals surface area contributed by atoms with Gasteiger partial charge in [-0.15, -0.1) is 0 Å². The Morgan fingerprint density at radius 3 is 2.77 bits per heavy atom. The van der Waals surface area contributed by atoms with Crippen molar-refractivity contribution in [3.8, 4) is 0 Å². The first-order chi connectivity index (χ1) is 6.31. The Bertz CT molecular complexity index is 101. The van der Waals surface area contributed by atoms with E-state index in [9.17, 15) is 0 Å². The van der Waals surface area contributed by atoms with E-state index in [2.05, 4.69) is 19.2 Å². The molecule has 0 aromatic carbocycles. The Morgan fingerprint density at radius 2 is 2.15 bits per heavy atom. The molecule has 0 heterocycles. The molecule has 0 radical (unpaired) electrons. The van der Waals surface area contributed by atoms with Crippen LogP contribution in [0.3, 0.4) is 0 Å². The fourth-order valence-electron chi connectivity index (χ4n) is 1.02. The molecule has 1 N–H and O–H groups in total. The fourth-order valence-corrected chi connectivity index (χ4v) is 1.73. The van der Waals surface area contributed by atoms with E-state index >= 15 is 0 Å². The molecule has 0 aromatic heterocycles. The van der Waals surface area contributed by atoms with Crippen LogP contribution in [0.4, 0.5) is 0 Å². The molecule has 13 heavy (non-hydrogen) atoms. The largest absolute Gasteiger partial charge is 0.382 e. The highest BCUT2D eigenvalue weighted by atomic mass is 32.2. The molecule has 3 heteroatoms. The van der Waals surface area contributed by atoms with Gasteiger partial charge in [-0.1, -0.05) is 6.92 Å². The standard InChI is InChI=1S/C10H23NOS/c1-4-12-8-6-7-11-10(3)9-13-5-2/h10-11H,4-9H2,1-3H3. The molecule has 0 aliphatic heterocycles. The molecule has 0 amide bonds. The van der Waals surface area contributed by atoms with Gasteiger partial charge in [0.1, 0.15) is 0 Å². The third kappa shape index (κ3) is 10.2. The van der Waals surface area contributed by atoms with Crippen LogP contribution >= 0.6 is 11.8 Å². The minimum Gasteiger partial charge on any atom is -0.382 e. The van der Waals surface area contributed by atoms with E-state index in [1.165, 1.54) is 11.5 Å². The molecule has 0 aliphatic rings. The van der Waals surface area contributed by atoms with Crippen molar-refractivity contribution < 1.29 is 4.74 Å². The molecule has 0 bridgehead atoms. The lowest BCUT2D eigenvalue weighted by molar-refractivity contribution is 0.144. The minimum atomic E-state index is 0.631. The highest BCUT2D eigenvalue weighted by molar-refractivity contribution is 7.99. The van der Waals surface area contributed by atoms with Gasteiger partial charge >= 0.3 is 0 Å². The monoisotopic (exact) mass is 205 g/mol. The molecule has 80 valence electrons. The Hall–Kier alpha value is 0.270. The van der Waals surface area contributed by atoms with Gasteiger partial charge in [0, 0.05) is 25.0 Å². The summed E-state index contributed by atoms with van der Waals surface area (Å²) in [6.45, 7) is 9.27. The van der Waals surface area contributed by atoms with Crippen LogP contribution < -0.4 is 5.32 Å².